The number of rotatable bonds is 6. The lowest BCUT2D eigenvalue weighted by Crippen LogP contribution is -2.43. The molecule has 0 spiro atoms. The van der Waals surface area contributed by atoms with E-state index in [1.54, 1.807) is 0 Å². The molecule has 22 heavy (non-hydrogen) atoms. The van der Waals surface area contributed by atoms with Gasteiger partial charge >= 0.3 is 5.97 Å². The predicted octanol–water partition coefficient (Wildman–Crippen LogP) is 2.84. The molecule has 0 aromatic heterocycles. The van der Waals surface area contributed by atoms with Gasteiger partial charge in [0.15, 0.2) is 0 Å². The minimum atomic E-state index is -0.216. The van der Waals surface area contributed by atoms with E-state index in [0.29, 0.717) is 24.8 Å². The highest BCUT2D eigenvalue weighted by Gasteiger charge is 2.28. The summed E-state index contributed by atoms with van der Waals surface area (Å²) < 4.78 is 11.2. The van der Waals surface area contributed by atoms with E-state index in [2.05, 4.69) is 20.8 Å². The van der Waals surface area contributed by atoms with Crippen LogP contribution in [0.4, 0.5) is 11.4 Å². The maximum Gasteiger partial charge on any atom is 0.325 e. The molecular weight excluding hydrogens is 280 g/mol. The topological polar surface area (TPSA) is 64.8 Å². The Labute approximate surface area is 132 Å². The highest BCUT2D eigenvalue weighted by Crippen LogP contribution is 2.38. The van der Waals surface area contributed by atoms with E-state index in [1.807, 2.05) is 23.1 Å². The molecule has 0 saturated carbocycles. The van der Waals surface area contributed by atoms with Crippen molar-refractivity contribution in [3.05, 3.63) is 18.2 Å². The standard InChI is InChI=1S/C17H26N2O3/c1-4-13-10-19(11-16(20)21-9-8-12(2)3)17-14(18)6-5-7-15(17)22-13/h5-7,12-13H,4,8-11,18H2,1-3H3. The molecule has 0 amide bonds. The molecule has 1 aromatic rings. The highest BCUT2D eigenvalue weighted by molar-refractivity contribution is 5.82. The second kappa shape index (κ2) is 7.38. The van der Waals surface area contributed by atoms with Crippen molar-refractivity contribution in [1.82, 2.24) is 0 Å². The van der Waals surface area contributed by atoms with Gasteiger partial charge in [-0.05, 0) is 30.9 Å². The lowest BCUT2D eigenvalue weighted by atomic mass is 10.1. The van der Waals surface area contributed by atoms with Crippen molar-refractivity contribution in [3.63, 3.8) is 0 Å². The Kier molecular flexibility index (Phi) is 5.52. The number of hydrogen-bond acceptors (Lipinski definition) is 5. The molecule has 1 unspecified atom stereocenters. The van der Waals surface area contributed by atoms with Gasteiger partial charge in [-0.1, -0.05) is 26.8 Å². The quantitative estimate of drug-likeness (QED) is 0.646. The third-order valence-electron chi connectivity index (χ3n) is 3.80. The first-order valence-corrected chi connectivity index (χ1v) is 7.97. The number of nitrogen functional groups attached to an aromatic ring is 1. The van der Waals surface area contributed by atoms with Crippen LogP contribution in [0.2, 0.25) is 0 Å². The van der Waals surface area contributed by atoms with E-state index < -0.39 is 0 Å². The Bertz CT molecular complexity index is 517. The summed E-state index contributed by atoms with van der Waals surface area (Å²) >= 11 is 0. The molecule has 5 heteroatoms. The van der Waals surface area contributed by atoms with Gasteiger partial charge in [-0.15, -0.1) is 0 Å². The van der Waals surface area contributed by atoms with Crippen LogP contribution in [0.5, 0.6) is 5.75 Å². The van der Waals surface area contributed by atoms with E-state index in [0.717, 1.165) is 24.3 Å². The van der Waals surface area contributed by atoms with E-state index in [9.17, 15) is 4.79 Å². The number of fused-ring (bicyclic) bond motifs is 1. The molecule has 1 aliphatic heterocycles. The third kappa shape index (κ3) is 4.06. The van der Waals surface area contributed by atoms with Gasteiger partial charge in [0.2, 0.25) is 0 Å². The highest BCUT2D eigenvalue weighted by atomic mass is 16.5. The number of carbonyl (C=O) groups excluding carboxylic acids is 1. The van der Waals surface area contributed by atoms with Crippen molar-refractivity contribution in [1.29, 1.82) is 0 Å². The largest absolute Gasteiger partial charge is 0.486 e. The first kappa shape index (κ1) is 16.5. The first-order chi connectivity index (χ1) is 10.5. The van der Waals surface area contributed by atoms with E-state index in [1.165, 1.54) is 0 Å². The molecule has 0 saturated heterocycles. The van der Waals surface area contributed by atoms with E-state index in [4.69, 9.17) is 15.2 Å². The van der Waals surface area contributed by atoms with Crippen molar-refractivity contribution >= 4 is 17.3 Å². The van der Waals surface area contributed by atoms with Crippen LogP contribution in [0.3, 0.4) is 0 Å². The fraction of sp³-hybridized carbons (Fsp3) is 0.588. The average molecular weight is 306 g/mol. The van der Waals surface area contributed by atoms with Crippen LogP contribution in [-0.4, -0.2) is 31.8 Å². The fourth-order valence-corrected chi connectivity index (χ4v) is 2.49. The molecule has 0 bridgehead atoms. The molecule has 0 radical (unpaired) electrons. The Balaban J connectivity index is 2.05. The number of benzene rings is 1. The first-order valence-electron chi connectivity index (χ1n) is 7.97. The Morgan fingerprint density at radius 1 is 1.50 bits per heavy atom. The number of para-hydroxylation sites is 1. The van der Waals surface area contributed by atoms with Gasteiger partial charge < -0.3 is 20.1 Å². The molecule has 5 nitrogen and oxygen atoms in total. The summed E-state index contributed by atoms with van der Waals surface area (Å²) in [5.41, 5.74) is 7.49. The SMILES string of the molecule is CCC1CN(CC(=O)OCCC(C)C)c2c(N)cccc2O1. The number of nitrogens with two attached hydrogens (primary N) is 1. The van der Waals surface area contributed by atoms with Gasteiger partial charge in [-0.25, -0.2) is 0 Å². The van der Waals surface area contributed by atoms with E-state index >= 15 is 0 Å². The van der Waals surface area contributed by atoms with Gasteiger partial charge in [-0.2, -0.15) is 0 Å². The van der Waals surface area contributed by atoms with Crippen LogP contribution in [0.15, 0.2) is 18.2 Å². The molecule has 122 valence electrons. The molecule has 1 aromatic carbocycles. The zero-order chi connectivity index (χ0) is 16.1. The van der Waals surface area contributed by atoms with Gasteiger partial charge in [0.1, 0.15) is 24.1 Å². The zero-order valence-electron chi connectivity index (χ0n) is 13.7. The van der Waals surface area contributed by atoms with Crippen molar-refractivity contribution in [3.8, 4) is 5.75 Å². The third-order valence-corrected chi connectivity index (χ3v) is 3.80. The number of esters is 1. The molecule has 2 N–H and O–H groups in total. The second-order valence-electron chi connectivity index (χ2n) is 6.13. The minimum absolute atomic E-state index is 0.0674. The number of hydrogen-bond donors (Lipinski definition) is 1. The molecule has 1 heterocycles. The van der Waals surface area contributed by atoms with Crippen LogP contribution in [0.1, 0.15) is 33.6 Å². The normalized spacial score (nSPS) is 17.1. The van der Waals surface area contributed by atoms with Gasteiger partial charge in [0, 0.05) is 0 Å². The van der Waals surface area contributed by atoms with Crippen LogP contribution in [0, 0.1) is 5.92 Å². The Hall–Kier alpha value is -1.91. The number of carbonyl (C=O) groups is 1. The smallest absolute Gasteiger partial charge is 0.325 e. The van der Waals surface area contributed by atoms with Crippen molar-refractivity contribution in [2.24, 2.45) is 5.92 Å². The zero-order valence-corrected chi connectivity index (χ0v) is 13.7. The van der Waals surface area contributed by atoms with Crippen molar-refractivity contribution in [2.75, 3.05) is 30.3 Å². The fourth-order valence-electron chi connectivity index (χ4n) is 2.49. The molecule has 1 aliphatic rings. The van der Waals surface area contributed by atoms with Crippen LogP contribution >= 0.6 is 0 Å². The summed E-state index contributed by atoms with van der Waals surface area (Å²) in [6, 6.07) is 5.58. The van der Waals surface area contributed by atoms with E-state index in [-0.39, 0.29) is 18.6 Å². The van der Waals surface area contributed by atoms with Gasteiger partial charge in [0.05, 0.1) is 18.8 Å². The summed E-state index contributed by atoms with van der Waals surface area (Å²) in [5, 5.41) is 0. The molecular formula is C17H26N2O3. The second-order valence-corrected chi connectivity index (χ2v) is 6.13. The van der Waals surface area contributed by atoms with Crippen LogP contribution < -0.4 is 15.4 Å². The van der Waals surface area contributed by atoms with Gasteiger partial charge in [-0.3, -0.25) is 4.79 Å². The summed E-state index contributed by atoms with van der Waals surface area (Å²) in [6.07, 6.45) is 1.83. The van der Waals surface area contributed by atoms with Crippen molar-refractivity contribution in [2.45, 2.75) is 39.7 Å². The molecule has 0 fully saturated rings. The summed E-state index contributed by atoms with van der Waals surface area (Å²) in [7, 11) is 0. The molecule has 2 rings (SSSR count). The Morgan fingerprint density at radius 3 is 2.95 bits per heavy atom. The lowest BCUT2D eigenvalue weighted by molar-refractivity contribution is -0.142. The number of ether oxygens (including phenoxy) is 2. The Morgan fingerprint density at radius 2 is 2.27 bits per heavy atom. The summed E-state index contributed by atoms with van der Waals surface area (Å²) in [5.74, 6) is 1.05. The van der Waals surface area contributed by atoms with Crippen molar-refractivity contribution < 1.29 is 14.3 Å². The maximum absolute atomic E-state index is 12.1. The molecule has 0 aliphatic carbocycles. The average Bonchev–Trinajstić information content (AvgIpc) is 2.46. The van der Waals surface area contributed by atoms with Gasteiger partial charge in [0.25, 0.3) is 0 Å². The summed E-state index contributed by atoms with van der Waals surface area (Å²) in [4.78, 5) is 14.0. The lowest BCUT2D eigenvalue weighted by Gasteiger charge is -2.36. The molecule has 1 atom stereocenters. The minimum Gasteiger partial charge on any atom is -0.486 e. The van der Waals surface area contributed by atoms with Crippen LogP contribution in [0.25, 0.3) is 0 Å². The van der Waals surface area contributed by atoms with Crippen LogP contribution in [-0.2, 0) is 9.53 Å². The maximum atomic E-state index is 12.1. The number of anilines is 2. The summed E-state index contributed by atoms with van der Waals surface area (Å²) in [6.45, 7) is 7.61. The monoisotopic (exact) mass is 306 g/mol. The number of nitrogens with zero attached hydrogens (tertiary/aromatic N) is 1. The predicted molar refractivity (Wildman–Crippen MR) is 88.2 cm³/mol.